The number of aryl methyl sites for hydroxylation is 2. The van der Waals surface area contributed by atoms with Crippen LogP contribution in [0.25, 0.3) is 0 Å². The number of rotatable bonds is 6. The molecular weight excluding hydrogens is 290 g/mol. The average molecular weight is 308 g/mol. The number of nitrogens with one attached hydrogen (secondary N) is 1. The Hall–Kier alpha value is -2.01. The van der Waals surface area contributed by atoms with Crippen molar-refractivity contribution in [1.29, 1.82) is 0 Å². The molecule has 1 heterocycles. The zero-order valence-corrected chi connectivity index (χ0v) is 12.9. The number of nitrogens with zero attached hydrogens (tertiary/aromatic N) is 2. The van der Waals surface area contributed by atoms with Crippen molar-refractivity contribution in [3.63, 3.8) is 0 Å². The molecule has 0 saturated heterocycles. The number of aromatic nitrogens is 2. The normalized spacial score (nSPS) is 10.4. The van der Waals surface area contributed by atoms with Crippen LogP contribution in [0.5, 0.6) is 5.75 Å². The first-order valence-electron chi connectivity index (χ1n) is 6.71. The number of halogens is 1. The number of carbonyl (C=O) groups is 1. The number of hydrogen-bond acceptors (Lipinski definition) is 3. The smallest absolute Gasteiger partial charge is 0.255 e. The third-order valence-electron chi connectivity index (χ3n) is 3.02. The van der Waals surface area contributed by atoms with Crippen LogP contribution in [-0.2, 0) is 6.54 Å². The van der Waals surface area contributed by atoms with Crippen LogP contribution in [0.1, 0.15) is 22.3 Å². The highest BCUT2D eigenvalue weighted by Gasteiger charge is 2.12. The second-order valence-corrected chi connectivity index (χ2v) is 5.17. The number of amides is 1. The van der Waals surface area contributed by atoms with Crippen molar-refractivity contribution in [3.05, 3.63) is 46.7 Å². The lowest BCUT2D eigenvalue weighted by molar-refractivity contribution is 0.0949. The Morgan fingerprint density at radius 3 is 2.95 bits per heavy atom. The lowest BCUT2D eigenvalue weighted by Gasteiger charge is -2.09. The molecule has 1 amide bonds. The Bertz CT molecular complexity index is 625. The summed E-state index contributed by atoms with van der Waals surface area (Å²) in [6.45, 7) is 3.32. The van der Waals surface area contributed by atoms with Crippen molar-refractivity contribution in [2.24, 2.45) is 0 Å². The molecule has 6 heteroatoms. The van der Waals surface area contributed by atoms with E-state index < -0.39 is 0 Å². The number of methoxy groups -OCH3 is 1. The topological polar surface area (TPSA) is 56.1 Å². The molecule has 2 aromatic rings. The van der Waals surface area contributed by atoms with Gasteiger partial charge in [0.05, 0.1) is 18.9 Å². The maximum atomic E-state index is 12.1. The first-order valence-corrected chi connectivity index (χ1v) is 7.09. The molecule has 0 unspecified atom stereocenters. The Morgan fingerprint density at radius 1 is 1.48 bits per heavy atom. The maximum Gasteiger partial charge on any atom is 0.255 e. The van der Waals surface area contributed by atoms with Crippen LogP contribution in [0.3, 0.4) is 0 Å². The van der Waals surface area contributed by atoms with Gasteiger partial charge >= 0.3 is 0 Å². The number of ether oxygens (including phenoxy) is 1. The minimum atomic E-state index is -0.189. The lowest BCUT2D eigenvalue weighted by atomic mass is 10.2. The van der Waals surface area contributed by atoms with Crippen molar-refractivity contribution in [2.45, 2.75) is 19.9 Å². The largest absolute Gasteiger partial charge is 0.496 e. The minimum Gasteiger partial charge on any atom is -0.496 e. The summed E-state index contributed by atoms with van der Waals surface area (Å²) in [6.07, 6.45) is 4.59. The van der Waals surface area contributed by atoms with Crippen molar-refractivity contribution in [3.8, 4) is 5.75 Å². The van der Waals surface area contributed by atoms with Gasteiger partial charge in [0.1, 0.15) is 5.75 Å². The average Bonchev–Trinajstić information content (AvgIpc) is 2.89. The predicted molar refractivity (Wildman–Crippen MR) is 81.9 cm³/mol. The Morgan fingerprint density at radius 2 is 2.29 bits per heavy atom. The van der Waals surface area contributed by atoms with Gasteiger partial charge in [0.2, 0.25) is 0 Å². The van der Waals surface area contributed by atoms with E-state index in [-0.39, 0.29) is 5.91 Å². The van der Waals surface area contributed by atoms with E-state index in [2.05, 4.69) is 10.4 Å². The fourth-order valence-corrected chi connectivity index (χ4v) is 2.16. The number of carbonyl (C=O) groups excluding carboxylic acids is 1. The molecular formula is C15H18ClN3O2. The van der Waals surface area contributed by atoms with E-state index in [1.165, 1.54) is 7.11 Å². The first-order chi connectivity index (χ1) is 10.1. The van der Waals surface area contributed by atoms with Crippen LogP contribution in [0.2, 0.25) is 5.02 Å². The molecule has 21 heavy (non-hydrogen) atoms. The first kappa shape index (κ1) is 15.4. The Labute approximate surface area is 128 Å². The molecule has 0 aliphatic carbocycles. The third kappa shape index (κ3) is 4.23. The van der Waals surface area contributed by atoms with E-state index in [9.17, 15) is 4.79 Å². The SMILES string of the molecule is COc1ccc(Cl)cc1C(=O)NCCCn1cc(C)cn1. The summed E-state index contributed by atoms with van der Waals surface area (Å²) in [7, 11) is 1.53. The summed E-state index contributed by atoms with van der Waals surface area (Å²) >= 11 is 5.91. The quantitative estimate of drug-likeness (QED) is 0.835. The Balaban J connectivity index is 1.85. The molecule has 1 aromatic heterocycles. The zero-order valence-electron chi connectivity index (χ0n) is 12.1. The predicted octanol–water partition coefficient (Wildman–Crippen LogP) is 2.67. The van der Waals surface area contributed by atoms with Crippen molar-refractivity contribution < 1.29 is 9.53 Å². The molecule has 112 valence electrons. The van der Waals surface area contributed by atoms with Gasteiger partial charge in [-0.1, -0.05) is 11.6 Å². The molecule has 1 N–H and O–H groups in total. The van der Waals surface area contributed by atoms with Gasteiger partial charge in [-0.25, -0.2) is 0 Å². The molecule has 5 nitrogen and oxygen atoms in total. The van der Waals surface area contributed by atoms with E-state index in [0.717, 1.165) is 18.5 Å². The van der Waals surface area contributed by atoms with E-state index in [1.54, 1.807) is 18.2 Å². The van der Waals surface area contributed by atoms with E-state index in [1.807, 2.05) is 24.0 Å². The van der Waals surface area contributed by atoms with Crippen LogP contribution in [0.15, 0.2) is 30.6 Å². The lowest BCUT2D eigenvalue weighted by Crippen LogP contribution is -2.25. The van der Waals surface area contributed by atoms with Gasteiger partial charge in [0.25, 0.3) is 5.91 Å². The fraction of sp³-hybridized carbons (Fsp3) is 0.333. The molecule has 2 rings (SSSR count). The molecule has 0 radical (unpaired) electrons. The van der Waals surface area contributed by atoms with Gasteiger partial charge in [-0.2, -0.15) is 5.10 Å². The van der Waals surface area contributed by atoms with E-state index in [4.69, 9.17) is 16.3 Å². The monoisotopic (exact) mass is 307 g/mol. The highest BCUT2D eigenvalue weighted by atomic mass is 35.5. The highest BCUT2D eigenvalue weighted by Crippen LogP contribution is 2.22. The summed E-state index contributed by atoms with van der Waals surface area (Å²) in [4.78, 5) is 12.1. The van der Waals surface area contributed by atoms with Crippen molar-refractivity contribution >= 4 is 17.5 Å². The second kappa shape index (κ2) is 7.13. The van der Waals surface area contributed by atoms with Gasteiger partial charge in [0.15, 0.2) is 0 Å². The summed E-state index contributed by atoms with van der Waals surface area (Å²) in [5.74, 6) is 0.325. The zero-order chi connectivity index (χ0) is 15.2. The molecule has 0 fully saturated rings. The molecule has 0 bridgehead atoms. The summed E-state index contributed by atoms with van der Waals surface area (Å²) in [6, 6.07) is 4.98. The van der Waals surface area contributed by atoms with Crippen LogP contribution in [0, 0.1) is 6.92 Å². The summed E-state index contributed by atoms with van der Waals surface area (Å²) in [5, 5.41) is 7.56. The van der Waals surface area contributed by atoms with Crippen molar-refractivity contribution in [1.82, 2.24) is 15.1 Å². The minimum absolute atomic E-state index is 0.189. The fourth-order valence-electron chi connectivity index (χ4n) is 1.99. The maximum absolute atomic E-state index is 12.1. The van der Waals surface area contributed by atoms with Gasteiger partial charge in [-0.05, 0) is 37.1 Å². The summed E-state index contributed by atoms with van der Waals surface area (Å²) < 4.78 is 7.03. The number of hydrogen-bond donors (Lipinski definition) is 1. The van der Waals surface area contributed by atoms with Crippen molar-refractivity contribution in [2.75, 3.05) is 13.7 Å². The van der Waals surface area contributed by atoms with Gasteiger partial charge < -0.3 is 10.1 Å². The number of benzene rings is 1. The standard InChI is InChI=1S/C15H18ClN3O2/c1-11-9-18-19(10-11)7-3-6-17-15(20)13-8-12(16)4-5-14(13)21-2/h4-5,8-10H,3,6-7H2,1-2H3,(H,17,20). The summed E-state index contributed by atoms with van der Waals surface area (Å²) in [5.41, 5.74) is 1.57. The van der Waals surface area contributed by atoms with Crippen LogP contribution in [0.4, 0.5) is 0 Å². The molecule has 0 spiro atoms. The highest BCUT2D eigenvalue weighted by molar-refractivity contribution is 6.31. The van der Waals surface area contributed by atoms with Gasteiger partial charge in [-0.15, -0.1) is 0 Å². The van der Waals surface area contributed by atoms with Crippen LogP contribution in [-0.4, -0.2) is 29.3 Å². The van der Waals surface area contributed by atoms with E-state index in [0.29, 0.717) is 22.9 Å². The third-order valence-corrected chi connectivity index (χ3v) is 3.25. The Kier molecular flexibility index (Phi) is 5.22. The van der Waals surface area contributed by atoms with Gasteiger partial charge in [-0.3, -0.25) is 9.48 Å². The van der Waals surface area contributed by atoms with Crippen LogP contribution >= 0.6 is 11.6 Å². The molecule has 0 atom stereocenters. The second-order valence-electron chi connectivity index (χ2n) is 4.73. The molecule has 1 aromatic carbocycles. The molecule has 0 aliphatic rings. The molecule has 0 saturated carbocycles. The molecule has 0 aliphatic heterocycles. The van der Waals surface area contributed by atoms with Crippen LogP contribution < -0.4 is 10.1 Å². The van der Waals surface area contributed by atoms with Gasteiger partial charge in [0, 0.05) is 24.3 Å². The van der Waals surface area contributed by atoms with E-state index >= 15 is 0 Å².